The molecule has 3 nitrogen and oxygen atoms in total. The Morgan fingerprint density at radius 2 is 1.57 bits per heavy atom. The highest BCUT2D eigenvalue weighted by molar-refractivity contribution is 5.72. The summed E-state index contributed by atoms with van der Waals surface area (Å²) in [6, 6.07) is 0.213. The summed E-state index contributed by atoms with van der Waals surface area (Å²) < 4.78 is 5.31. The Kier molecular flexibility index (Phi) is 1.91. The van der Waals surface area contributed by atoms with E-state index in [2.05, 4.69) is 0 Å². The van der Waals surface area contributed by atoms with Gasteiger partial charge >= 0.3 is 6.09 Å². The van der Waals surface area contributed by atoms with Gasteiger partial charge in [0.25, 0.3) is 0 Å². The number of nitrogens with zero attached hydrogens (tertiary/aromatic N) is 1. The first-order chi connectivity index (χ1) is 6.47. The Bertz CT molecular complexity index is 282. The van der Waals surface area contributed by atoms with Crippen LogP contribution in [-0.2, 0) is 4.74 Å². The van der Waals surface area contributed by atoms with E-state index in [9.17, 15) is 4.79 Å². The lowest BCUT2D eigenvalue weighted by atomic mass is 10.2. The average Bonchev–Trinajstić information content (AvgIpc) is 2.57. The summed E-state index contributed by atoms with van der Waals surface area (Å²) in [6.07, 6.45) is 7.86. The molecule has 2 aliphatic heterocycles. The van der Waals surface area contributed by atoms with E-state index >= 15 is 0 Å². The van der Waals surface area contributed by atoms with Crippen LogP contribution in [0.5, 0.6) is 0 Å². The van der Waals surface area contributed by atoms with Crippen molar-refractivity contribution in [2.45, 2.75) is 38.5 Å². The molecule has 0 aliphatic carbocycles. The van der Waals surface area contributed by atoms with Crippen LogP contribution in [-0.4, -0.2) is 28.7 Å². The minimum Gasteiger partial charge on any atom is -0.444 e. The first-order valence-corrected chi connectivity index (χ1v) is 4.85. The van der Waals surface area contributed by atoms with Crippen LogP contribution >= 0.6 is 0 Å². The Hall–Kier alpha value is -1.25. The van der Waals surface area contributed by atoms with Gasteiger partial charge in [-0.05, 0) is 20.8 Å². The molecule has 0 aromatic heterocycles. The standard InChI is InChI=1S/C11H15NO2/c1-11(2,3)14-10(13)12-8-4-5-9(12)7-6-8/h4-9H,1-3H3. The normalized spacial score (nSPS) is 28.6. The van der Waals surface area contributed by atoms with Crippen molar-refractivity contribution in [2.24, 2.45) is 0 Å². The van der Waals surface area contributed by atoms with Crippen LogP contribution in [0.3, 0.4) is 0 Å². The number of hydrogen-bond donors (Lipinski definition) is 0. The number of amides is 1. The largest absolute Gasteiger partial charge is 0.444 e. The van der Waals surface area contributed by atoms with Crippen LogP contribution in [0, 0.1) is 0 Å². The second kappa shape index (κ2) is 2.87. The summed E-state index contributed by atoms with van der Waals surface area (Å²) in [5, 5.41) is 0. The fourth-order valence-electron chi connectivity index (χ4n) is 1.71. The van der Waals surface area contributed by atoms with E-state index < -0.39 is 5.60 Å². The van der Waals surface area contributed by atoms with Crippen LogP contribution in [0.2, 0.25) is 0 Å². The van der Waals surface area contributed by atoms with Gasteiger partial charge in [0.05, 0.1) is 12.1 Å². The molecular formula is C11H15NO2. The Morgan fingerprint density at radius 3 is 1.93 bits per heavy atom. The predicted molar refractivity (Wildman–Crippen MR) is 53.9 cm³/mol. The predicted octanol–water partition coefficient (Wildman–Crippen LogP) is 2.10. The molecule has 0 N–H and O–H groups in total. The maximum Gasteiger partial charge on any atom is 0.411 e. The molecule has 0 spiro atoms. The highest BCUT2D eigenvalue weighted by Crippen LogP contribution is 2.27. The van der Waals surface area contributed by atoms with E-state index in [0.717, 1.165) is 0 Å². The first kappa shape index (κ1) is 9.31. The van der Waals surface area contributed by atoms with Crippen LogP contribution in [0.25, 0.3) is 0 Å². The van der Waals surface area contributed by atoms with Crippen molar-refractivity contribution < 1.29 is 9.53 Å². The van der Waals surface area contributed by atoms with Crippen LogP contribution in [0.4, 0.5) is 4.79 Å². The number of ether oxygens (including phenoxy) is 1. The van der Waals surface area contributed by atoms with Gasteiger partial charge in [-0.15, -0.1) is 0 Å². The molecule has 0 radical (unpaired) electrons. The molecule has 0 atom stereocenters. The van der Waals surface area contributed by atoms with Gasteiger partial charge in [0, 0.05) is 0 Å². The molecule has 3 heteroatoms. The molecule has 2 bridgehead atoms. The average molecular weight is 193 g/mol. The van der Waals surface area contributed by atoms with Crippen molar-refractivity contribution in [3.63, 3.8) is 0 Å². The van der Waals surface area contributed by atoms with Crippen LogP contribution < -0.4 is 0 Å². The highest BCUT2D eigenvalue weighted by Gasteiger charge is 2.36. The molecule has 0 fully saturated rings. The summed E-state index contributed by atoms with van der Waals surface area (Å²) in [7, 11) is 0. The topological polar surface area (TPSA) is 29.5 Å². The maximum atomic E-state index is 11.7. The second-order valence-electron chi connectivity index (χ2n) is 4.64. The molecule has 0 unspecified atom stereocenters. The number of rotatable bonds is 0. The van der Waals surface area contributed by atoms with Crippen molar-refractivity contribution in [1.82, 2.24) is 4.90 Å². The van der Waals surface area contributed by atoms with Crippen molar-refractivity contribution in [2.75, 3.05) is 0 Å². The number of hydrogen-bond acceptors (Lipinski definition) is 2. The van der Waals surface area contributed by atoms with Gasteiger partial charge in [0.15, 0.2) is 0 Å². The molecule has 0 aromatic carbocycles. The van der Waals surface area contributed by atoms with Gasteiger partial charge in [-0.25, -0.2) is 4.79 Å². The van der Waals surface area contributed by atoms with Crippen molar-refractivity contribution in [3.05, 3.63) is 24.3 Å². The Balaban J connectivity index is 2.02. The van der Waals surface area contributed by atoms with Gasteiger partial charge in [-0.3, -0.25) is 4.90 Å². The Labute approximate surface area is 84.0 Å². The third kappa shape index (κ3) is 1.54. The summed E-state index contributed by atoms with van der Waals surface area (Å²) in [4.78, 5) is 13.5. The molecule has 14 heavy (non-hydrogen) atoms. The minimum atomic E-state index is -0.418. The number of fused-ring (bicyclic) bond motifs is 2. The maximum absolute atomic E-state index is 11.7. The monoisotopic (exact) mass is 193 g/mol. The minimum absolute atomic E-state index is 0.106. The highest BCUT2D eigenvalue weighted by atomic mass is 16.6. The van der Waals surface area contributed by atoms with E-state index in [1.54, 1.807) is 4.90 Å². The van der Waals surface area contributed by atoms with E-state index in [1.807, 2.05) is 45.1 Å². The SMILES string of the molecule is CC(C)(C)OC(=O)N1C2C=CC1C=C2. The molecule has 2 heterocycles. The van der Waals surface area contributed by atoms with Crippen molar-refractivity contribution >= 4 is 6.09 Å². The Morgan fingerprint density at radius 1 is 1.14 bits per heavy atom. The van der Waals surface area contributed by atoms with E-state index in [-0.39, 0.29) is 18.2 Å². The van der Waals surface area contributed by atoms with Gasteiger partial charge in [0.2, 0.25) is 0 Å². The molecule has 1 amide bonds. The quantitative estimate of drug-likeness (QED) is 0.551. The van der Waals surface area contributed by atoms with Crippen molar-refractivity contribution in [3.8, 4) is 0 Å². The van der Waals surface area contributed by atoms with E-state index in [0.29, 0.717) is 0 Å². The van der Waals surface area contributed by atoms with Crippen LogP contribution in [0.1, 0.15) is 20.8 Å². The molecule has 76 valence electrons. The number of carbonyl (C=O) groups excluding carboxylic acids is 1. The third-order valence-corrected chi connectivity index (χ3v) is 2.26. The lowest BCUT2D eigenvalue weighted by molar-refractivity contribution is 0.0246. The summed E-state index contributed by atoms with van der Waals surface area (Å²) in [5.41, 5.74) is -0.418. The van der Waals surface area contributed by atoms with Gasteiger partial charge in [-0.2, -0.15) is 0 Å². The summed E-state index contributed by atoms with van der Waals surface area (Å²) >= 11 is 0. The molecule has 0 saturated heterocycles. The molecule has 0 aromatic rings. The second-order valence-corrected chi connectivity index (χ2v) is 4.64. The first-order valence-electron chi connectivity index (χ1n) is 4.85. The van der Waals surface area contributed by atoms with E-state index in [1.165, 1.54) is 0 Å². The fraction of sp³-hybridized carbons (Fsp3) is 0.545. The fourth-order valence-corrected chi connectivity index (χ4v) is 1.71. The smallest absolute Gasteiger partial charge is 0.411 e. The molecule has 0 saturated carbocycles. The summed E-state index contributed by atoms with van der Waals surface area (Å²) in [6.45, 7) is 5.64. The van der Waals surface area contributed by atoms with Crippen molar-refractivity contribution in [1.29, 1.82) is 0 Å². The van der Waals surface area contributed by atoms with Gasteiger partial charge in [0.1, 0.15) is 5.60 Å². The zero-order valence-corrected chi connectivity index (χ0v) is 8.73. The lowest BCUT2D eigenvalue weighted by Gasteiger charge is -2.27. The molecule has 2 rings (SSSR count). The molecule has 2 aliphatic rings. The summed E-state index contributed by atoms with van der Waals surface area (Å²) in [5.74, 6) is 0. The van der Waals surface area contributed by atoms with Gasteiger partial charge in [-0.1, -0.05) is 24.3 Å². The third-order valence-electron chi connectivity index (χ3n) is 2.26. The lowest BCUT2D eigenvalue weighted by Crippen LogP contribution is -2.40. The van der Waals surface area contributed by atoms with E-state index in [4.69, 9.17) is 4.74 Å². The zero-order chi connectivity index (χ0) is 10.3. The van der Waals surface area contributed by atoms with Crippen LogP contribution in [0.15, 0.2) is 24.3 Å². The van der Waals surface area contributed by atoms with Gasteiger partial charge < -0.3 is 4.74 Å². The molecular weight excluding hydrogens is 178 g/mol. The number of carbonyl (C=O) groups is 1. The zero-order valence-electron chi connectivity index (χ0n) is 8.73.